The smallest absolute Gasteiger partial charge is 0.340 e. The van der Waals surface area contributed by atoms with Gasteiger partial charge in [-0.05, 0) is 23.8 Å². The molecule has 0 radical (unpaired) electrons. The second-order valence-electron chi connectivity index (χ2n) is 6.32. The molecule has 0 amide bonds. The Morgan fingerprint density at radius 3 is 2.72 bits per heavy atom. The Morgan fingerprint density at radius 2 is 1.97 bits per heavy atom. The summed E-state index contributed by atoms with van der Waals surface area (Å²) in [6, 6.07) is 19.0. The van der Waals surface area contributed by atoms with E-state index in [0.717, 1.165) is 11.1 Å². The molecule has 2 heterocycles. The van der Waals surface area contributed by atoms with Gasteiger partial charge in [-0.2, -0.15) is 10.4 Å². The third-order valence-electron chi connectivity index (χ3n) is 4.39. The fourth-order valence-corrected chi connectivity index (χ4v) is 3.07. The summed E-state index contributed by atoms with van der Waals surface area (Å²) >= 11 is 0. The first-order chi connectivity index (χ1) is 14.2. The van der Waals surface area contributed by atoms with Gasteiger partial charge in [0, 0.05) is 5.56 Å². The lowest BCUT2D eigenvalue weighted by atomic mass is 10.1. The number of esters is 1. The molecule has 0 unspecified atom stereocenters. The molecule has 0 N–H and O–H groups in total. The molecule has 0 saturated heterocycles. The van der Waals surface area contributed by atoms with Gasteiger partial charge < -0.3 is 4.74 Å². The second kappa shape index (κ2) is 7.90. The number of nitrogens with zero attached hydrogens (tertiary/aromatic N) is 4. The van der Waals surface area contributed by atoms with E-state index in [4.69, 9.17) is 10.00 Å². The van der Waals surface area contributed by atoms with Crippen LogP contribution in [0.3, 0.4) is 0 Å². The zero-order valence-electron chi connectivity index (χ0n) is 15.2. The van der Waals surface area contributed by atoms with Crippen LogP contribution in [0.15, 0.2) is 66.9 Å². The molecule has 0 spiro atoms. The van der Waals surface area contributed by atoms with Gasteiger partial charge in [-0.3, -0.25) is 0 Å². The molecule has 142 valence electrons. The van der Waals surface area contributed by atoms with Gasteiger partial charge in [-0.1, -0.05) is 42.5 Å². The van der Waals surface area contributed by atoms with Crippen LogP contribution >= 0.6 is 0 Å². The quantitative estimate of drug-likeness (QED) is 0.485. The van der Waals surface area contributed by atoms with Crippen molar-refractivity contribution in [2.24, 2.45) is 0 Å². The van der Waals surface area contributed by atoms with Gasteiger partial charge in [0.15, 0.2) is 12.3 Å². The summed E-state index contributed by atoms with van der Waals surface area (Å²) < 4.78 is 20.2. The molecule has 6 nitrogen and oxygen atoms in total. The van der Waals surface area contributed by atoms with Crippen molar-refractivity contribution in [3.8, 4) is 17.3 Å². The third kappa shape index (κ3) is 3.82. The molecule has 0 atom stereocenters. The van der Waals surface area contributed by atoms with Gasteiger partial charge in [0.2, 0.25) is 0 Å². The molecular weight excluding hydrogens is 371 g/mol. The van der Waals surface area contributed by atoms with E-state index in [2.05, 4.69) is 10.1 Å². The Balaban J connectivity index is 1.84. The van der Waals surface area contributed by atoms with E-state index in [1.165, 1.54) is 18.3 Å². The van der Waals surface area contributed by atoms with Gasteiger partial charge in [0.05, 0.1) is 29.4 Å². The Bertz CT molecular complexity index is 1230. The highest BCUT2D eigenvalue weighted by molar-refractivity contribution is 6.03. The summed E-state index contributed by atoms with van der Waals surface area (Å²) in [6.45, 7) is -0.0556. The monoisotopic (exact) mass is 386 g/mol. The Kier molecular flexibility index (Phi) is 4.99. The maximum Gasteiger partial charge on any atom is 0.340 e. The number of hydrogen-bond acceptors (Lipinski definition) is 5. The number of fused-ring (bicyclic) bond motifs is 1. The molecule has 0 saturated carbocycles. The van der Waals surface area contributed by atoms with E-state index in [1.54, 1.807) is 29.0 Å². The number of halogens is 1. The van der Waals surface area contributed by atoms with Crippen molar-refractivity contribution in [2.75, 3.05) is 6.61 Å². The molecule has 4 aromatic rings. The van der Waals surface area contributed by atoms with Crippen molar-refractivity contribution < 1.29 is 13.9 Å². The Morgan fingerprint density at radius 1 is 1.14 bits per heavy atom. The molecule has 0 bridgehead atoms. The van der Waals surface area contributed by atoms with Crippen molar-refractivity contribution in [2.45, 2.75) is 6.54 Å². The molecule has 29 heavy (non-hydrogen) atoms. The molecule has 0 aliphatic carbocycles. The van der Waals surface area contributed by atoms with Gasteiger partial charge in [-0.15, -0.1) is 0 Å². The van der Waals surface area contributed by atoms with Crippen LogP contribution in [-0.4, -0.2) is 27.3 Å². The van der Waals surface area contributed by atoms with Crippen LogP contribution in [-0.2, 0) is 11.3 Å². The summed E-state index contributed by atoms with van der Waals surface area (Å²) in [4.78, 5) is 17.2. The molecule has 0 fully saturated rings. The number of aromatic nitrogens is 3. The molecule has 0 aliphatic heterocycles. The SMILES string of the molecule is N#CCOC(=O)c1cc(-c2ccccc2)nc2c1cnn2Cc1cccc(F)c1. The van der Waals surface area contributed by atoms with Crippen LogP contribution in [0.2, 0.25) is 0 Å². The average molecular weight is 386 g/mol. The van der Waals surface area contributed by atoms with E-state index in [9.17, 15) is 9.18 Å². The molecule has 2 aromatic heterocycles. The van der Waals surface area contributed by atoms with Crippen molar-refractivity contribution in [1.29, 1.82) is 5.26 Å². The zero-order valence-corrected chi connectivity index (χ0v) is 15.2. The number of ether oxygens (including phenoxy) is 1. The third-order valence-corrected chi connectivity index (χ3v) is 4.39. The molecule has 0 aliphatic rings. The average Bonchev–Trinajstić information content (AvgIpc) is 3.14. The number of rotatable bonds is 5. The van der Waals surface area contributed by atoms with Crippen molar-refractivity contribution >= 4 is 17.0 Å². The fourth-order valence-electron chi connectivity index (χ4n) is 3.07. The number of pyridine rings is 1. The van der Waals surface area contributed by atoms with E-state index in [1.807, 2.05) is 30.3 Å². The minimum atomic E-state index is -0.624. The van der Waals surface area contributed by atoms with Crippen molar-refractivity contribution in [3.63, 3.8) is 0 Å². The topological polar surface area (TPSA) is 80.8 Å². The van der Waals surface area contributed by atoms with Gasteiger partial charge in [-0.25, -0.2) is 18.9 Å². The lowest BCUT2D eigenvalue weighted by molar-refractivity contribution is 0.0557. The van der Waals surface area contributed by atoms with Crippen LogP contribution in [0.4, 0.5) is 4.39 Å². The normalized spacial score (nSPS) is 10.6. The van der Waals surface area contributed by atoms with Crippen LogP contribution in [0.25, 0.3) is 22.3 Å². The van der Waals surface area contributed by atoms with E-state index in [-0.39, 0.29) is 18.0 Å². The van der Waals surface area contributed by atoms with Gasteiger partial charge in [0.1, 0.15) is 11.9 Å². The molecule has 7 heteroatoms. The maximum atomic E-state index is 13.6. The lowest BCUT2D eigenvalue weighted by Gasteiger charge is -2.09. The maximum absolute atomic E-state index is 13.6. The van der Waals surface area contributed by atoms with E-state index in [0.29, 0.717) is 23.3 Å². The lowest BCUT2D eigenvalue weighted by Crippen LogP contribution is -2.08. The second-order valence-corrected chi connectivity index (χ2v) is 6.32. The number of carbonyl (C=O) groups excluding carboxylic acids is 1. The predicted octanol–water partition coefficient (Wildman–Crippen LogP) is 3.97. The zero-order chi connectivity index (χ0) is 20.2. The Labute approximate surface area is 165 Å². The van der Waals surface area contributed by atoms with Crippen molar-refractivity contribution in [3.05, 3.63) is 83.8 Å². The van der Waals surface area contributed by atoms with Crippen LogP contribution in [0, 0.1) is 17.1 Å². The molecule has 4 rings (SSSR count). The van der Waals surface area contributed by atoms with Crippen LogP contribution in [0.1, 0.15) is 15.9 Å². The standard InChI is InChI=1S/C22H15FN4O2/c23-17-8-4-5-15(11-17)14-27-21-19(13-25-27)18(22(28)29-10-9-24)12-20(26-21)16-6-2-1-3-7-16/h1-8,11-13H,10,14H2. The fraction of sp³-hybridized carbons (Fsp3) is 0.0909. The number of hydrogen-bond donors (Lipinski definition) is 0. The van der Waals surface area contributed by atoms with Gasteiger partial charge in [0.25, 0.3) is 0 Å². The van der Waals surface area contributed by atoms with E-state index >= 15 is 0 Å². The largest absolute Gasteiger partial charge is 0.447 e. The first-order valence-electron chi connectivity index (χ1n) is 8.86. The summed E-state index contributed by atoms with van der Waals surface area (Å²) in [7, 11) is 0. The van der Waals surface area contributed by atoms with E-state index < -0.39 is 5.97 Å². The first kappa shape index (κ1) is 18.3. The van der Waals surface area contributed by atoms with Crippen molar-refractivity contribution in [1.82, 2.24) is 14.8 Å². The molecular formula is C22H15FN4O2. The summed E-state index contributed by atoms with van der Waals surface area (Å²) in [5, 5.41) is 13.6. The minimum absolute atomic E-state index is 0.273. The molecule has 2 aromatic carbocycles. The highest BCUT2D eigenvalue weighted by atomic mass is 19.1. The van der Waals surface area contributed by atoms with Gasteiger partial charge >= 0.3 is 5.97 Å². The Hall–Kier alpha value is -4.05. The summed E-state index contributed by atoms with van der Waals surface area (Å²) in [6.07, 6.45) is 1.53. The van der Waals surface area contributed by atoms with Crippen LogP contribution < -0.4 is 0 Å². The first-order valence-corrected chi connectivity index (χ1v) is 8.86. The highest BCUT2D eigenvalue weighted by Crippen LogP contribution is 2.26. The predicted molar refractivity (Wildman–Crippen MR) is 104 cm³/mol. The number of benzene rings is 2. The summed E-state index contributed by atoms with van der Waals surface area (Å²) in [5.74, 6) is -0.959. The minimum Gasteiger partial charge on any atom is -0.447 e. The summed E-state index contributed by atoms with van der Waals surface area (Å²) in [5.41, 5.74) is 2.86. The van der Waals surface area contributed by atoms with Crippen LogP contribution in [0.5, 0.6) is 0 Å². The number of carbonyl (C=O) groups is 1. The highest BCUT2D eigenvalue weighted by Gasteiger charge is 2.19. The number of nitriles is 1.